The second kappa shape index (κ2) is 12.0. The highest BCUT2D eigenvalue weighted by Gasteiger charge is 2.38. The van der Waals surface area contributed by atoms with Gasteiger partial charge in [-0.1, -0.05) is 13.2 Å². The molecule has 2 aliphatic heterocycles. The van der Waals surface area contributed by atoms with Crippen LogP contribution in [-0.2, 0) is 33.3 Å². The van der Waals surface area contributed by atoms with E-state index in [1.807, 2.05) is 6.92 Å². The topological polar surface area (TPSA) is 121 Å². The molecule has 4 atom stereocenters. The summed E-state index contributed by atoms with van der Waals surface area (Å²) in [6, 6.07) is 0. The molecule has 0 amide bonds. The highest BCUT2D eigenvalue weighted by molar-refractivity contribution is 5.87. The summed E-state index contributed by atoms with van der Waals surface area (Å²) in [7, 11) is 2.57. The molecule has 0 spiro atoms. The molecule has 168 valence electrons. The summed E-state index contributed by atoms with van der Waals surface area (Å²) in [5.41, 5.74) is 0.752. The third-order valence-electron chi connectivity index (χ3n) is 4.04. The number of esters is 2. The molecular formula is C20H34O9. The van der Waals surface area contributed by atoms with Gasteiger partial charge in [-0.25, -0.2) is 9.59 Å². The number of aliphatic hydroxyl groups excluding tert-OH is 1. The summed E-state index contributed by atoms with van der Waals surface area (Å²) in [5, 5.41) is 16.4. The first kappa shape index (κ1) is 27.2. The molecule has 2 heterocycles. The van der Waals surface area contributed by atoms with E-state index in [0.717, 1.165) is 7.11 Å². The summed E-state index contributed by atoms with van der Waals surface area (Å²) in [6.07, 6.45) is 0.275. The molecule has 0 aromatic rings. The molecule has 0 radical (unpaired) electrons. The summed E-state index contributed by atoms with van der Waals surface area (Å²) in [6.45, 7) is 14.1. The molecule has 2 rings (SSSR count). The van der Waals surface area contributed by atoms with Gasteiger partial charge in [0.15, 0.2) is 11.6 Å². The number of rotatable bonds is 5. The lowest BCUT2D eigenvalue weighted by Crippen LogP contribution is -2.26. The standard InChI is InChI=1S/C10H16O4.C9H14O4.CH4O/c1-7(2)9(11)14-8-5-10(3,12-4)13-6-8;1-6(2)8(10)13-7-4-9(3,11)12-5-7;1-2/h8H,1,5-6H2,2-4H3;7,11H,1,4-5H2,2-3H3;2H,1H3. The molecule has 4 unspecified atom stereocenters. The Labute approximate surface area is 172 Å². The zero-order valence-electron chi connectivity index (χ0n) is 18.1. The van der Waals surface area contributed by atoms with Crippen LogP contribution < -0.4 is 0 Å². The maximum atomic E-state index is 11.2. The fourth-order valence-electron chi connectivity index (χ4n) is 2.41. The van der Waals surface area contributed by atoms with E-state index in [4.69, 9.17) is 28.8 Å². The maximum Gasteiger partial charge on any atom is 0.333 e. The first-order chi connectivity index (χ1) is 13.4. The Kier molecular flexibility index (Phi) is 11.3. The maximum absolute atomic E-state index is 11.2. The minimum absolute atomic E-state index is 0.232. The number of ether oxygens (including phenoxy) is 5. The van der Waals surface area contributed by atoms with Crippen LogP contribution in [0.15, 0.2) is 24.3 Å². The summed E-state index contributed by atoms with van der Waals surface area (Å²) in [4.78, 5) is 22.2. The van der Waals surface area contributed by atoms with Crippen LogP contribution in [0.25, 0.3) is 0 Å². The number of aliphatic hydroxyl groups is 2. The molecule has 0 aromatic heterocycles. The lowest BCUT2D eigenvalue weighted by molar-refractivity contribution is -0.178. The first-order valence-electron chi connectivity index (χ1n) is 9.10. The zero-order valence-corrected chi connectivity index (χ0v) is 18.1. The Bertz CT molecular complexity index is 585. The number of hydrogen-bond acceptors (Lipinski definition) is 9. The molecule has 2 aliphatic rings. The number of methoxy groups -OCH3 is 1. The van der Waals surface area contributed by atoms with E-state index in [1.54, 1.807) is 27.9 Å². The van der Waals surface area contributed by atoms with Crippen LogP contribution in [0.3, 0.4) is 0 Å². The van der Waals surface area contributed by atoms with Crippen molar-refractivity contribution < 1.29 is 43.5 Å². The van der Waals surface area contributed by atoms with Crippen molar-refractivity contribution in [2.45, 2.75) is 64.3 Å². The predicted octanol–water partition coefficient (Wildman–Crippen LogP) is 1.47. The average Bonchev–Trinajstić information content (AvgIpc) is 3.19. The van der Waals surface area contributed by atoms with Crippen molar-refractivity contribution in [3.8, 4) is 0 Å². The Morgan fingerprint density at radius 3 is 1.66 bits per heavy atom. The summed E-state index contributed by atoms with van der Waals surface area (Å²) < 4.78 is 25.6. The second-order valence-corrected chi connectivity index (χ2v) is 7.16. The van der Waals surface area contributed by atoms with Crippen molar-refractivity contribution in [3.05, 3.63) is 24.3 Å². The minimum Gasteiger partial charge on any atom is -0.456 e. The molecule has 9 heteroatoms. The van der Waals surface area contributed by atoms with Crippen molar-refractivity contribution in [2.75, 3.05) is 27.4 Å². The highest BCUT2D eigenvalue weighted by atomic mass is 16.7. The lowest BCUT2D eigenvalue weighted by atomic mass is 10.2. The molecule has 9 nitrogen and oxygen atoms in total. The van der Waals surface area contributed by atoms with Crippen molar-refractivity contribution >= 4 is 11.9 Å². The average molecular weight is 418 g/mol. The third kappa shape index (κ3) is 10.00. The van der Waals surface area contributed by atoms with E-state index in [1.165, 1.54) is 0 Å². The quantitative estimate of drug-likeness (QED) is 0.505. The van der Waals surface area contributed by atoms with Crippen molar-refractivity contribution in [1.82, 2.24) is 0 Å². The largest absolute Gasteiger partial charge is 0.456 e. The van der Waals surface area contributed by atoms with Gasteiger partial charge in [0.05, 0.1) is 13.2 Å². The van der Waals surface area contributed by atoms with Crippen LogP contribution in [0.2, 0.25) is 0 Å². The van der Waals surface area contributed by atoms with Gasteiger partial charge in [0.1, 0.15) is 12.2 Å². The SMILES string of the molecule is C=C(C)C(=O)OC1COC(C)(O)C1.C=C(C)C(=O)OC1COC(C)(OC)C1.CO. The van der Waals surface area contributed by atoms with Gasteiger partial charge in [-0.15, -0.1) is 0 Å². The number of hydrogen-bond donors (Lipinski definition) is 2. The predicted molar refractivity (Wildman–Crippen MR) is 105 cm³/mol. The molecule has 2 fully saturated rings. The monoisotopic (exact) mass is 418 g/mol. The van der Waals surface area contributed by atoms with Crippen LogP contribution in [0, 0.1) is 0 Å². The van der Waals surface area contributed by atoms with E-state index in [9.17, 15) is 14.7 Å². The Hall–Kier alpha value is -1.78. The van der Waals surface area contributed by atoms with Crippen LogP contribution in [0.1, 0.15) is 40.5 Å². The third-order valence-corrected chi connectivity index (χ3v) is 4.04. The van der Waals surface area contributed by atoms with Crippen molar-refractivity contribution in [1.29, 1.82) is 0 Å². The van der Waals surface area contributed by atoms with Gasteiger partial charge in [-0.3, -0.25) is 0 Å². The van der Waals surface area contributed by atoms with E-state index < -0.39 is 17.5 Å². The highest BCUT2D eigenvalue weighted by Crippen LogP contribution is 2.28. The number of carbonyl (C=O) groups is 2. The van der Waals surface area contributed by atoms with Crippen molar-refractivity contribution in [2.24, 2.45) is 0 Å². The molecule has 29 heavy (non-hydrogen) atoms. The molecule has 0 aliphatic carbocycles. The fraction of sp³-hybridized carbons (Fsp3) is 0.700. The second-order valence-electron chi connectivity index (χ2n) is 7.16. The molecular weight excluding hydrogens is 384 g/mol. The normalized spacial score (nSPS) is 30.2. The van der Waals surface area contributed by atoms with Crippen LogP contribution in [0.5, 0.6) is 0 Å². The van der Waals surface area contributed by atoms with Gasteiger partial charge in [-0.05, 0) is 27.7 Å². The Balaban J connectivity index is 0.000000499. The van der Waals surface area contributed by atoms with Gasteiger partial charge >= 0.3 is 11.9 Å². The smallest absolute Gasteiger partial charge is 0.333 e. The van der Waals surface area contributed by atoms with Gasteiger partial charge < -0.3 is 33.9 Å². The lowest BCUT2D eigenvalue weighted by Gasteiger charge is -2.20. The van der Waals surface area contributed by atoms with Gasteiger partial charge in [-0.2, -0.15) is 0 Å². The van der Waals surface area contributed by atoms with Gasteiger partial charge in [0.25, 0.3) is 0 Å². The molecule has 0 saturated carbocycles. The first-order valence-corrected chi connectivity index (χ1v) is 9.10. The summed E-state index contributed by atoms with van der Waals surface area (Å²) in [5.74, 6) is -2.61. The van der Waals surface area contributed by atoms with E-state index in [0.29, 0.717) is 30.6 Å². The Morgan fingerprint density at radius 1 is 0.931 bits per heavy atom. The fourth-order valence-corrected chi connectivity index (χ4v) is 2.41. The van der Waals surface area contributed by atoms with Crippen LogP contribution in [0.4, 0.5) is 0 Å². The summed E-state index contributed by atoms with van der Waals surface area (Å²) >= 11 is 0. The van der Waals surface area contributed by atoms with Gasteiger partial charge in [0, 0.05) is 38.2 Å². The van der Waals surface area contributed by atoms with Gasteiger partial charge in [0.2, 0.25) is 0 Å². The molecule has 0 aromatic carbocycles. The van der Waals surface area contributed by atoms with Crippen molar-refractivity contribution in [3.63, 3.8) is 0 Å². The van der Waals surface area contributed by atoms with E-state index in [2.05, 4.69) is 13.2 Å². The molecule has 2 N–H and O–H groups in total. The molecule has 2 saturated heterocycles. The number of carbonyl (C=O) groups excluding carboxylic acids is 2. The minimum atomic E-state index is -1.17. The van der Waals surface area contributed by atoms with Crippen LogP contribution in [-0.4, -0.2) is 73.4 Å². The Morgan fingerprint density at radius 2 is 1.34 bits per heavy atom. The van der Waals surface area contributed by atoms with Crippen LogP contribution >= 0.6 is 0 Å². The van der Waals surface area contributed by atoms with E-state index in [-0.39, 0.29) is 24.8 Å². The van der Waals surface area contributed by atoms with E-state index >= 15 is 0 Å². The molecule has 0 bridgehead atoms. The zero-order chi connectivity index (χ0) is 22.8.